The lowest BCUT2D eigenvalue weighted by Gasteiger charge is -2.14. The summed E-state index contributed by atoms with van der Waals surface area (Å²) in [6, 6.07) is 8.29. The predicted molar refractivity (Wildman–Crippen MR) is 124 cm³/mol. The second kappa shape index (κ2) is 12.1. The molecule has 0 radical (unpaired) electrons. The molecule has 1 amide bonds. The van der Waals surface area contributed by atoms with Crippen LogP contribution in [0.4, 0.5) is 5.69 Å². The van der Waals surface area contributed by atoms with Crippen LogP contribution in [0.5, 0.6) is 17.2 Å². The zero-order valence-corrected chi connectivity index (χ0v) is 20.6. The number of anilines is 1. The lowest BCUT2D eigenvalue weighted by Crippen LogP contribution is -3.00. The van der Waals surface area contributed by atoms with Crippen LogP contribution < -0.4 is 37.7 Å². The number of rotatable bonds is 10. The van der Waals surface area contributed by atoms with Crippen molar-refractivity contribution in [1.29, 1.82) is 0 Å². The Morgan fingerprint density at radius 2 is 1.80 bits per heavy atom. The minimum absolute atomic E-state index is 0. The van der Waals surface area contributed by atoms with Crippen molar-refractivity contribution >= 4 is 17.6 Å². The van der Waals surface area contributed by atoms with E-state index in [2.05, 4.69) is 16.2 Å². The number of amides is 1. The minimum atomic E-state index is -0.980. The van der Waals surface area contributed by atoms with Gasteiger partial charge in [-0.1, -0.05) is 11.2 Å². The van der Waals surface area contributed by atoms with Gasteiger partial charge >= 0.3 is 5.97 Å². The van der Waals surface area contributed by atoms with Gasteiger partial charge in [-0.15, -0.1) is 0 Å². The number of halogens is 1. The summed E-state index contributed by atoms with van der Waals surface area (Å²) in [5, 5.41) is 15.8. The number of carboxylic acid groups (broad SMARTS) is 1. The van der Waals surface area contributed by atoms with Crippen molar-refractivity contribution < 1.29 is 51.6 Å². The number of methoxy groups -OCH3 is 3. The predicted octanol–water partition coefficient (Wildman–Crippen LogP) is -0.239. The molecule has 0 aliphatic rings. The van der Waals surface area contributed by atoms with Crippen LogP contribution in [0, 0.1) is 6.92 Å². The van der Waals surface area contributed by atoms with Crippen molar-refractivity contribution in [2.24, 2.45) is 0 Å². The number of nitrogens with one attached hydrogen (secondary N) is 1. The zero-order valence-electron chi connectivity index (χ0n) is 19.9. The van der Waals surface area contributed by atoms with Crippen LogP contribution in [0.25, 0.3) is 22.4 Å². The monoisotopic (exact) mass is 505 g/mol. The molecular formula is C24H28ClN3O7. The van der Waals surface area contributed by atoms with Gasteiger partial charge in [0.1, 0.15) is 17.7 Å². The van der Waals surface area contributed by atoms with Gasteiger partial charge in [0.05, 0.1) is 33.4 Å². The summed E-state index contributed by atoms with van der Waals surface area (Å²) in [5.74, 6) is 0.264. The largest absolute Gasteiger partial charge is 1.00 e. The Morgan fingerprint density at radius 3 is 2.43 bits per heavy atom. The van der Waals surface area contributed by atoms with Gasteiger partial charge < -0.3 is 47.3 Å². The molecule has 11 heteroatoms. The molecule has 1 atom stereocenters. The molecule has 1 heterocycles. The summed E-state index contributed by atoms with van der Waals surface area (Å²) < 4.78 is 21.6. The van der Waals surface area contributed by atoms with E-state index < -0.39 is 17.9 Å². The summed E-state index contributed by atoms with van der Waals surface area (Å²) in [7, 11) is 4.64. The fraction of sp³-hybridized carbons (Fsp3) is 0.292. The molecule has 1 aromatic heterocycles. The summed E-state index contributed by atoms with van der Waals surface area (Å²) >= 11 is 0. The lowest BCUT2D eigenvalue weighted by atomic mass is 9.99. The lowest BCUT2D eigenvalue weighted by molar-refractivity contribution is -0.403. The third-order valence-corrected chi connectivity index (χ3v) is 5.35. The van der Waals surface area contributed by atoms with Crippen molar-refractivity contribution in [2.75, 3.05) is 26.6 Å². The van der Waals surface area contributed by atoms with Crippen molar-refractivity contribution in [3.05, 3.63) is 42.2 Å². The van der Waals surface area contributed by atoms with Gasteiger partial charge in [-0.2, -0.15) is 0 Å². The van der Waals surface area contributed by atoms with Crippen molar-refractivity contribution in [3.63, 3.8) is 0 Å². The first-order chi connectivity index (χ1) is 16.3. The van der Waals surface area contributed by atoms with E-state index in [-0.39, 0.29) is 25.2 Å². The van der Waals surface area contributed by atoms with E-state index in [9.17, 15) is 9.59 Å². The molecule has 0 fully saturated rings. The molecule has 3 rings (SSSR count). The summed E-state index contributed by atoms with van der Waals surface area (Å²) in [5.41, 5.74) is 7.84. The van der Waals surface area contributed by atoms with Crippen LogP contribution in [0.2, 0.25) is 0 Å². The number of ether oxygens (including phenoxy) is 3. The Kier molecular flexibility index (Phi) is 9.50. The van der Waals surface area contributed by atoms with Gasteiger partial charge in [0.15, 0.2) is 17.5 Å². The number of aromatic nitrogens is 1. The average molecular weight is 506 g/mol. The quantitative estimate of drug-likeness (QED) is 0.342. The second-order valence-electron chi connectivity index (χ2n) is 7.64. The van der Waals surface area contributed by atoms with E-state index in [0.717, 1.165) is 16.7 Å². The molecule has 0 aliphatic heterocycles. The van der Waals surface area contributed by atoms with Crippen LogP contribution in [0.15, 0.2) is 41.1 Å². The van der Waals surface area contributed by atoms with Crippen LogP contribution in [-0.2, 0) is 9.59 Å². The highest BCUT2D eigenvalue weighted by Crippen LogP contribution is 2.40. The molecule has 0 aliphatic carbocycles. The highest BCUT2D eigenvalue weighted by molar-refractivity contribution is 5.96. The second-order valence-corrected chi connectivity index (χ2v) is 7.64. The highest BCUT2D eigenvalue weighted by atomic mass is 35.5. The first kappa shape index (κ1) is 27.5. The van der Waals surface area contributed by atoms with E-state index >= 15 is 0 Å². The Hall–Kier alpha value is -3.76. The Balaban J connectivity index is 0.00000432. The molecule has 2 aromatic carbocycles. The number of aryl methyl sites for hydroxylation is 1. The molecule has 0 saturated carbocycles. The highest BCUT2D eigenvalue weighted by Gasteiger charge is 2.22. The molecule has 35 heavy (non-hydrogen) atoms. The summed E-state index contributed by atoms with van der Waals surface area (Å²) in [6.45, 7) is 1.91. The first-order valence-electron chi connectivity index (χ1n) is 10.5. The van der Waals surface area contributed by atoms with Crippen LogP contribution >= 0.6 is 0 Å². The standard InChI is InChI=1S/C24H27N3O7.ClH/c1-13-9-15(11-20(32-3)23(13)33-4)22-16(12-34-27-22)14-5-7-19(31-2)18(10-14)26-24(30)17(25)6-8-21(28)29;/h5,7,9-12,17H,6,8,25H2,1-4H3,(H,26,30)(H,28,29);1H. The fourth-order valence-corrected chi connectivity index (χ4v) is 3.58. The van der Waals surface area contributed by atoms with E-state index in [4.69, 9.17) is 23.8 Å². The minimum Gasteiger partial charge on any atom is -1.00 e. The number of nitrogens with zero attached hydrogens (tertiary/aromatic N) is 1. The Morgan fingerprint density at radius 1 is 1.09 bits per heavy atom. The first-order valence-corrected chi connectivity index (χ1v) is 10.5. The third-order valence-electron chi connectivity index (χ3n) is 5.35. The normalized spacial score (nSPS) is 11.2. The van der Waals surface area contributed by atoms with Gasteiger partial charge in [-0.3, -0.25) is 9.59 Å². The van der Waals surface area contributed by atoms with Gasteiger partial charge in [0.25, 0.3) is 5.91 Å². The topological polar surface area (TPSA) is 148 Å². The molecule has 10 nitrogen and oxygen atoms in total. The number of carboxylic acids is 1. The summed E-state index contributed by atoms with van der Waals surface area (Å²) in [6.07, 6.45) is 1.50. The molecule has 5 N–H and O–H groups in total. The summed E-state index contributed by atoms with van der Waals surface area (Å²) in [4.78, 5) is 23.4. The zero-order chi connectivity index (χ0) is 24.8. The molecule has 0 bridgehead atoms. The maximum atomic E-state index is 12.6. The Bertz CT molecular complexity index is 1200. The Labute approximate surface area is 208 Å². The number of aliphatic carboxylic acids is 1. The van der Waals surface area contributed by atoms with E-state index in [1.54, 1.807) is 26.4 Å². The van der Waals surface area contributed by atoms with Crippen LogP contribution in [-0.4, -0.2) is 49.5 Å². The van der Waals surface area contributed by atoms with E-state index in [0.29, 0.717) is 34.2 Å². The van der Waals surface area contributed by atoms with Gasteiger partial charge in [-0.05, 0) is 42.3 Å². The molecule has 0 saturated heterocycles. The number of quaternary nitrogens is 1. The van der Waals surface area contributed by atoms with Crippen LogP contribution in [0.1, 0.15) is 18.4 Å². The molecule has 188 valence electrons. The molecule has 3 aromatic rings. The average Bonchev–Trinajstić information content (AvgIpc) is 3.31. The number of carbonyl (C=O) groups excluding carboxylic acids is 1. The number of carbonyl (C=O) groups is 2. The van der Waals surface area contributed by atoms with Crippen molar-refractivity contribution in [3.8, 4) is 39.6 Å². The van der Waals surface area contributed by atoms with E-state index in [1.807, 2.05) is 25.1 Å². The third kappa shape index (κ3) is 6.23. The number of benzene rings is 2. The van der Waals surface area contributed by atoms with Gasteiger partial charge in [0, 0.05) is 17.5 Å². The molecule has 0 spiro atoms. The SMILES string of the molecule is COc1ccc(-c2conc2-c2cc(C)c(OC)c(OC)c2)cc1NC(=O)C([NH3+])CCC(=O)O.[Cl-]. The fourth-order valence-electron chi connectivity index (χ4n) is 3.58. The number of hydrogen-bond acceptors (Lipinski definition) is 7. The number of hydrogen-bond donors (Lipinski definition) is 3. The molecular weight excluding hydrogens is 478 g/mol. The van der Waals surface area contributed by atoms with Gasteiger partial charge in [-0.25, -0.2) is 0 Å². The maximum absolute atomic E-state index is 12.6. The van der Waals surface area contributed by atoms with Gasteiger partial charge in [0.2, 0.25) is 0 Å². The smallest absolute Gasteiger partial charge is 0.303 e. The van der Waals surface area contributed by atoms with E-state index in [1.165, 1.54) is 13.4 Å². The van der Waals surface area contributed by atoms with Crippen molar-refractivity contribution in [2.45, 2.75) is 25.8 Å². The van der Waals surface area contributed by atoms with Crippen LogP contribution in [0.3, 0.4) is 0 Å². The molecule has 1 unspecified atom stereocenters. The maximum Gasteiger partial charge on any atom is 0.303 e. The van der Waals surface area contributed by atoms with Crippen molar-refractivity contribution in [1.82, 2.24) is 5.16 Å².